The molecule has 0 heterocycles. The maximum Gasteiger partial charge on any atom is 0.225 e. The molecule has 1 amide bonds. The first-order chi connectivity index (χ1) is 12.3. The van der Waals surface area contributed by atoms with Gasteiger partial charge in [0, 0.05) is 6.42 Å². The number of carbonyl (C=O) groups excluding carboxylic acids is 1. The number of methoxy groups -OCH3 is 1. The van der Waals surface area contributed by atoms with E-state index in [1.54, 1.807) is 36.4 Å². The van der Waals surface area contributed by atoms with E-state index in [-0.39, 0.29) is 23.2 Å². The highest BCUT2D eigenvalue weighted by Crippen LogP contribution is 2.23. The van der Waals surface area contributed by atoms with Crippen molar-refractivity contribution in [3.05, 3.63) is 48.5 Å². The molecule has 1 N–H and O–H groups in total. The number of hydrogen-bond donors (Lipinski definition) is 1. The molecule has 0 spiro atoms. The van der Waals surface area contributed by atoms with Crippen molar-refractivity contribution in [2.24, 2.45) is 0 Å². The number of hydrogen-bond acceptors (Lipinski definition) is 5. The van der Waals surface area contributed by atoms with Gasteiger partial charge in [-0.15, -0.1) is 0 Å². The predicted molar refractivity (Wildman–Crippen MR) is 100 cm³/mol. The van der Waals surface area contributed by atoms with Crippen LogP contribution in [0.5, 0.6) is 11.5 Å². The zero-order valence-electron chi connectivity index (χ0n) is 15.1. The first kappa shape index (κ1) is 19.8. The Bertz CT molecular complexity index is 844. The lowest BCUT2D eigenvalue weighted by Gasteiger charge is -2.11. The summed E-state index contributed by atoms with van der Waals surface area (Å²) in [6.45, 7) is 3.79. The Morgan fingerprint density at radius 2 is 1.73 bits per heavy atom. The summed E-state index contributed by atoms with van der Waals surface area (Å²) in [5.41, 5.74) is 0.507. The summed E-state index contributed by atoms with van der Waals surface area (Å²) in [6.07, 6.45) is -0.138. The van der Waals surface area contributed by atoms with Crippen LogP contribution >= 0.6 is 0 Å². The van der Waals surface area contributed by atoms with Gasteiger partial charge in [-0.1, -0.05) is 12.1 Å². The minimum absolute atomic E-state index is 0.0103. The average Bonchev–Trinajstić information content (AvgIpc) is 2.60. The lowest BCUT2D eigenvalue weighted by atomic mass is 10.3. The van der Waals surface area contributed by atoms with Crippen LogP contribution in [0.2, 0.25) is 0 Å². The van der Waals surface area contributed by atoms with Crippen LogP contribution in [0.15, 0.2) is 53.4 Å². The fourth-order valence-corrected chi connectivity index (χ4v) is 3.54. The number of carbonyl (C=O) groups is 1. The highest BCUT2D eigenvalue weighted by molar-refractivity contribution is 7.91. The Morgan fingerprint density at radius 1 is 1.08 bits per heavy atom. The van der Waals surface area contributed by atoms with E-state index in [1.807, 2.05) is 13.8 Å². The first-order valence-corrected chi connectivity index (χ1v) is 9.89. The van der Waals surface area contributed by atoms with Crippen LogP contribution in [-0.2, 0) is 14.6 Å². The van der Waals surface area contributed by atoms with E-state index in [0.29, 0.717) is 17.2 Å². The molecule has 2 aromatic carbocycles. The van der Waals surface area contributed by atoms with E-state index < -0.39 is 15.7 Å². The maximum absolute atomic E-state index is 12.4. The first-order valence-electron chi connectivity index (χ1n) is 8.24. The number of para-hydroxylation sites is 2. The Labute approximate surface area is 154 Å². The van der Waals surface area contributed by atoms with Crippen LogP contribution in [0.1, 0.15) is 20.3 Å². The van der Waals surface area contributed by atoms with Gasteiger partial charge in [0.25, 0.3) is 0 Å². The van der Waals surface area contributed by atoms with Gasteiger partial charge in [0.2, 0.25) is 5.91 Å². The zero-order chi connectivity index (χ0) is 19.2. The average molecular weight is 377 g/mol. The highest BCUT2D eigenvalue weighted by atomic mass is 32.2. The zero-order valence-corrected chi connectivity index (χ0v) is 15.9. The summed E-state index contributed by atoms with van der Waals surface area (Å²) in [5, 5.41) is 2.67. The standard InChI is InChI=1S/C19H23NO5S/c1-14(2)25-15-8-10-16(11-9-15)26(22,23)13-12-19(21)20-17-6-4-5-7-18(17)24-3/h4-11,14H,12-13H2,1-3H3,(H,20,21). The van der Waals surface area contributed by atoms with Crippen LogP contribution in [0, 0.1) is 0 Å². The van der Waals surface area contributed by atoms with Gasteiger partial charge in [-0.25, -0.2) is 8.42 Å². The molecule has 7 heteroatoms. The van der Waals surface area contributed by atoms with E-state index >= 15 is 0 Å². The second-order valence-corrected chi connectivity index (χ2v) is 8.06. The largest absolute Gasteiger partial charge is 0.495 e. The third kappa shape index (κ3) is 5.49. The Hall–Kier alpha value is -2.54. The molecule has 140 valence electrons. The molecule has 0 aliphatic carbocycles. The van der Waals surface area contributed by atoms with Crippen molar-refractivity contribution in [3.8, 4) is 11.5 Å². The van der Waals surface area contributed by atoms with Crippen LogP contribution in [0.4, 0.5) is 5.69 Å². The molecule has 6 nitrogen and oxygen atoms in total. The summed E-state index contributed by atoms with van der Waals surface area (Å²) in [5.74, 6) is 0.452. The van der Waals surface area contributed by atoms with E-state index in [0.717, 1.165) is 0 Å². The fraction of sp³-hybridized carbons (Fsp3) is 0.316. The van der Waals surface area contributed by atoms with Crippen molar-refractivity contribution in [3.63, 3.8) is 0 Å². The van der Waals surface area contributed by atoms with Crippen molar-refractivity contribution in [1.29, 1.82) is 0 Å². The van der Waals surface area contributed by atoms with Gasteiger partial charge in [-0.3, -0.25) is 4.79 Å². The normalized spacial score (nSPS) is 11.2. The summed E-state index contributed by atoms with van der Waals surface area (Å²) >= 11 is 0. The van der Waals surface area contributed by atoms with E-state index in [2.05, 4.69) is 5.32 Å². The number of amides is 1. The highest BCUT2D eigenvalue weighted by Gasteiger charge is 2.17. The van der Waals surface area contributed by atoms with Gasteiger partial charge in [0.1, 0.15) is 11.5 Å². The number of rotatable bonds is 8. The maximum atomic E-state index is 12.4. The molecule has 2 rings (SSSR count). The molecular weight excluding hydrogens is 354 g/mol. The molecule has 0 aliphatic heterocycles. The van der Waals surface area contributed by atoms with Crippen molar-refractivity contribution >= 4 is 21.4 Å². The Balaban J connectivity index is 1.97. The summed E-state index contributed by atoms with van der Waals surface area (Å²) in [4.78, 5) is 12.2. The van der Waals surface area contributed by atoms with Crippen molar-refractivity contribution < 1.29 is 22.7 Å². The van der Waals surface area contributed by atoms with Gasteiger partial charge in [-0.05, 0) is 50.2 Å². The summed E-state index contributed by atoms with van der Waals surface area (Å²) in [7, 11) is -2.05. The smallest absolute Gasteiger partial charge is 0.225 e. The molecule has 0 bridgehead atoms. The molecule has 0 aromatic heterocycles. The molecule has 0 aliphatic rings. The number of anilines is 1. The number of nitrogens with one attached hydrogen (secondary N) is 1. The molecule has 0 saturated heterocycles. The van der Waals surface area contributed by atoms with Crippen molar-refractivity contribution in [1.82, 2.24) is 0 Å². The lowest BCUT2D eigenvalue weighted by Crippen LogP contribution is -2.17. The van der Waals surface area contributed by atoms with E-state index in [9.17, 15) is 13.2 Å². The van der Waals surface area contributed by atoms with Crippen molar-refractivity contribution in [2.45, 2.75) is 31.3 Å². The number of sulfone groups is 1. The molecular formula is C19H23NO5S. The minimum atomic E-state index is -3.56. The second-order valence-electron chi connectivity index (χ2n) is 5.96. The van der Waals surface area contributed by atoms with Gasteiger partial charge in [0.15, 0.2) is 9.84 Å². The monoisotopic (exact) mass is 377 g/mol. The second kappa shape index (κ2) is 8.71. The quantitative estimate of drug-likeness (QED) is 0.763. The third-order valence-electron chi connectivity index (χ3n) is 3.53. The van der Waals surface area contributed by atoms with Crippen LogP contribution in [0.3, 0.4) is 0 Å². The molecule has 0 fully saturated rings. The SMILES string of the molecule is COc1ccccc1NC(=O)CCS(=O)(=O)c1ccc(OC(C)C)cc1. The van der Waals surface area contributed by atoms with Crippen LogP contribution in [0.25, 0.3) is 0 Å². The topological polar surface area (TPSA) is 81.7 Å². The number of ether oxygens (including phenoxy) is 2. The lowest BCUT2D eigenvalue weighted by molar-refractivity contribution is -0.115. The van der Waals surface area contributed by atoms with Gasteiger partial charge >= 0.3 is 0 Å². The van der Waals surface area contributed by atoms with Gasteiger partial charge < -0.3 is 14.8 Å². The van der Waals surface area contributed by atoms with Crippen molar-refractivity contribution in [2.75, 3.05) is 18.2 Å². The molecule has 0 atom stereocenters. The third-order valence-corrected chi connectivity index (χ3v) is 5.27. The Morgan fingerprint density at radius 3 is 2.35 bits per heavy atom. The van der Waals surface area contributed by atoms with Crippen LogP contribution < -0.4 is 14.8 Å². The van der Waals surface area contributed by atoms with Gasteiger partial charge in [0.05, 0.1) is 29.5 Å². The van der Waals surface area contributed by atoms with Gasteiger partial charge in [-0.2, -0.15) is 0 Å². The number of benzene rings is 2. The summed E-state index contributed by atoms with van der Waals surface area (Å²) < 4.78 is 35.5. The molecule has 2 aromatic rings. The predicted octanol–water partition coefficient (Wildman–Crippen LogP) is 3.28. The van der Waals surface area contributed by atoms with E-state index in [1.165, 1.54) is 19.2 Å². The minimum Gasteiger partial charge on any atom is -0.495 e. The fourth-order valence-electron chi connectivity index (χ4n) is 2.30. The van der Waals surface area contributed by atoms with E-state index in [4.69, 9.17) is 9.47 Å². The summed E-state index contributed by atoms with van der Waals surface area (Å²) in [6, 6.07) is 13.2. The molecule has 0 saturated carbocycles. The molecule has 0 radical (unpaired) electrons. The molecule has 0 unspecified atom stereocenters. The van der Waals surface area contributed by atoms with Crippen LogP contribution in [-0.4, -0.2) is 33.3 Å². The molecule has 26 heavy (non-hydrogen) atoms. The Kier molecular flexibility index (Phi) is 6.63.